The summed E-state index contributed by atoms with van der Waals surface area (Å²) < 4.78 is 24.8. The van der Waals surface area contributed by atoms with Crippen LogP contribution in [-0.2, 0) is 21.1 Å². The van der Waals surface area contributed by atoms with E-state index in [1.165, 1.54) is 0 Å². The lowest BCUT2D eigenvalue weighted by molar-refractivity contribution is -0.128. The fourth-order valence-corrected chi connectivity index (χ4v) is 5.70. The van der Waals surface area contributed by atoms with Crippen LogP contribution in [0.1, 0.15) is 12.0 Å². The van der Waals surface area contributed by atoms with E-state index in [4.69, 9.17) is 0 Å². The van der Waals surface area contributed by atoms with Crippen molar-refractivity contribution in [3.05, 3.63) is 53.7 Å². The van der Waals surface area contributed by atoms with Crippen molar-refractivity contribution in [2.24, 2.45) is 0 Å². The fraction of sp³-hybridized carbons (Fsp3) is 0.381. The van der Waals surface area contributed by atoms with Crippen LogP contribution in [0, 0.1) is 0 Å². The first kappa shape index (κ1) is 20.7. The molecule has 30 heavy (non-hydrogen) atoms. The number of aromatic nitrogens is 2. The van der Waals surface area contributed by atoms with Gasteiger partial charge in [-0.3, -0.25) is 4.79 Å². The SMILES string of the molecule is O=C(CS(=O)(=O)CCCc1ccccc1)N1CCN(c2ncnc3sccc23)CC1. The molecule has 9 heteroatoms. The molecule has 3 aromatic rings. The van der Waals surface area contributed by atoms with E-state index in [-0.39, 0.29) is 11.7 Å². The second kappa shape index (κ2) is 9.09. The van der Waals surface area contributed by atoms with E-state index >= 15 is 0 Å². The lowest BCUT2D eigenvalue weighted by Gasteiger charge is -2.35. The quantitative estimate of drug-likeness (QED) is 0.556. The number of nitrogens with zero attached hydrogens (tertiary/aromatic N) is 4. The van der Waals surface area contributed by atoms with Crippen molar-refractivity contribution in [2.75, 3.05) is 42.6 Å². The number of fused-ring (bicyclic) bond motifs is 1. The van der Waals surface area contributed by atoms with Crippen LogP contribution in [0.5, 0.6) is 0 Å². The highest BCUT2D eigenvalue weighted by atomic mass is 32.2. The maximum absolute atomic E-state index is 12.6. The summed E-state index contributed by atoms with van der Waals surface area (Å²) in [4.78, 5) is 26.0. The van der Waals surface area contributed by atoms with Gasteiger partial charge in [-0.15, -0.1) is 11.3 Å². The van der Waals surface area contributed by atoms with Gasteiger partial charge in [0.1, 0.15) is 22.7 Å². The van der Waals surface area contributed by atoms with Gasteiger partial charge in [-0.25, -0.2) is 18.4 Å². The van der Waals surface area contributed by atoms with E-state index < -0.39 is 15.6 Å². The Hall–Kier alpha value is -2.52. The molecule has 2 aromatic heterocycles. The smallest absolute Gasteiger partial charge is 0.237 e. The number of piperazine rings is 1. The Balaban J connectivity index is 1.28. The van der Waals surface area contributed by atoms with Crippen LogP contribution < -0.4 is 4.90 Å². The van der Waals surface area contributed by atoms with Crippen LogP contribution in [0.25, 0.3) is 10.2 Å². The molecule has 1 aliphatic heterocycles. The third-order valence-corrected chi connectivity index (χ3v) is 7.70. The van der Waals surface area contributed by atoms with Crippen molar-refractivity contribution in [1.29, 1.82) is 0 Å². The molecular weight excluding hydrogens is 420 g/mol. The molecule has 1 aliphatic rings. The number of thiophene rings is 1. The molecule has 0 saturated carbocycles. The number of amides is 1. The van der Waals surface area contributed by atoms with Gasteiger partial charge in [0.25, 0.3) is 0 Å². The summed E-state index contributed by atoms with van der Waals surface area (Å²) in [7, 11) is -3.41. The molecule has 0 unspecified atom stereocenters. The van der Waals surface area contributed by atoms with E-state index in [0.717, 1.165) is 21.6 Å². The van der Waals surface area contributed by atoms with Crippen molar-refractivity contribution >= 4 is 43.1 Å². The Labute approximate surface area is 180 Å². The minimum atomic E-state index is -3.41. The van der Waals surface area contributed by atoms with Gasteiger partial charge < -0.3 is 9.80 Å². The Kier molecular flexibility index (Phi) is 6.29. The maximum atomic E-state index is 12.6. The number of hydrogen-bond donors (Lipinski definition) is 0. The molecule has 4 rings (SSSR count). The van der Waals surface area contributed by atoms with Crippen LogP contribution in [0.3, 0.4) is 0 Å². The highest BCUT2D eigenvalue weighted by Crippen LogP contribution is 2.27. The van der Waals surface area contributed by atoms with Gasteiger partial charge in [-0.1, -0.05) is 30.3 Å². The van der Waals surface area contributed by atoms with Crippen LogP contribution >= 0.6 is 11.3 Å². The Morgan fingerprint density at radius 3 is 2.57 bits per heavy atom. The van der Waals surface area contributed by atoms with E-state index in [0.29, 0.717) is 39.0 Å². The zero-order chi connectivity index (χ0) is 21.0. The zero-order valence-electron chi connectivity index (χ0n) is 16.6. The number of sulfone groups is 1. The summed E-state index contributed by atoms with van der Waals surface area (Å²) >= 11 is 1.57. The van der Waals surface area contributed by atoms with E-state index in [1.807, 2.05) is 41.8 Å². The number of hydrogen-bond acceptors (Lipinski definition) is 7. The normalized spacial score (nSPS) is 14.9. The first-order valence-electron chi connectivity index (χ1n) is 9.97. The van der Waals surface area contributed by atoms with Gasteiger partial charge >= 0.3 is 0 Å². The van der Waals surface area contributed by atoms with Crippen molar-refractivity contribution in [3.63, 3.8) is 0 Å². The molecule has 1 fully saturated rings. The van der Waals surface area contributed by atoms with Crippen LogP contribution in [0.4, 0.5) is 5.82 Å². The van der Waals surface area contributed by atoms with Gasteiger partial charge in [0.2, 0.25) is 5.91 Å². The van der Waals surface area contributed by atoms with Crippen molar-refractivity contribution < 1.29 is 13.2 Å². The molecule has 0 atom stereocenters. The van der Waals surface area contributed by atoms with Crippen molar-refractivity contribution in [3.8, 4) is 0 Å². The second-order valence-electron chi connectivity index (χ2n) is 7.39. The summed E-state index contributed by atoms with van der Waals surface area (Å²) in [6.07, 6.45) is 2.79. The lowest BCUT2D eigenvalue weighted by Crippen LogP contribution is -2.50. The predicted molar refractivity (Wildman–Crippen MR) is 120 cm³/mol. The summed E-state index contributed by atoms with van der Waals surface area (Å²) in [6.45, 7) is 2.24. The molecule has 0 bridgehead atoms. The average molecular weight is 445 g/mol. The molecule has 1 amide bonds. The molecule has 1 saturated heterocycles. The molecule has 3 heterocycles. The summed E-state index contributed by atoms with van der Waals surface area (Å²) in [5.41, 5.74) is 1.11. The molecule has 1 aromatic carbocycles. The average Bonchev–Trinajstić information content (AvgIpc) is 3.23. The number of benzene rings is 1. The number of carbonyl (C=O) groups excluding carboxylic acids is 1. The Morgan fingerprint density at radius 2 is 1.80 bits per heavy atom. The molecule has 158 valence electrons. The van der Waals surface area contributed by atoms with E-state index in [9.17, 15) is 13.2 Å². The fourth-order valence-electron chi connectivity index (χ4n) is 3.69. The standard InChI is InChI=1S/C21H24N4O3S2/c26-19(15-30(27,28)14-4-7-17-5-2-1-3-6-17)24-9-11-25(12-10-24)20-18-8-13-29-21(18)23-16-22-20/h1-3,5-6,8,13,16H,4,7,9-12,14-15H2. The summed E-state index contributed by atoms with van der Waals surface area (Å²) in [5.74, 6) is 0.189. The molecule has 0 N–H and O–H groups in total. The minimum Gasteiger partial charge on any atom is -0.352 e. The van der Waals surface area contributed by atoms with Gasteiger partial charge in [-0.2, -0.15) is 0 Å². The predicted octanol–water partition coefficient (Wildman–Crippen LogP) is 2.39. The third kappa shape index (κ3) is 4.96. The highest BCUT2D eigenvalue weighted by molar-refractivity contribution is 7.92. The van der Waals surface area contributed by atoms with Crippen LogP contribution in [0.2, 0.25) is 0 Å². The van der Waals surface area contributed by atoms with Crippen LogP contribution in [0.15, 0.2) is 48.1 Å². The molecule has 0 spiro atoms. The minimum absolute atomic E-state index is 0.0324. The van der Waals surface area contributed by atoms with E-state index in [1.54, 1.807) is 22.6 Å². The van der Waals surface area contributed by atoms with Crippen molar-refractivity contribution in [1.82, 2.24) is 14.9 Å². The van der Waals surface area contributed by atoms with Crippen molar-refractivity contribution in [2.45, 2.75) is 12.8 Å². The maximum Gasteiger partial charge on any atom is 0.237 e. The van der Waals surface area contributed by atoms with Gasteiger partial charge in [0, 0.05) is 26.2 Å². The Bertz CT molecular complexity index is 1110. The topological polar surface area (TPSA) is 83.5 Å². The number of aryl methyl sites for hydroxylation is 1. The number of anilines is 1. The summed E-state index contributed by atoms with van der Waals surface area (Å²) in [6, 6.07) is 11.8. The molecule has 7 nitrogen and oxygen atoms in total. The third-order valence-electron chi connectivity index (χ3n) is 5.28. The molecule has 0 aliphatic carbocycles. The molecular formula is C21H24N4O3S2. The van der Waals surface area contributed by atoms with Gasteiger partial charge in [0.05, 0.1) is 11.1 Å². The first-order valence-corrected chi connectivity index (χ1v) is 12.7. The highest BCUT2D eigenvalue weighted by Gasteiger charge is 2.26. The number of rotatable bonds is 7. The Morgan fingerprint density at radius 1 is 1.03 bits per heavy atom. The number of carbonyl (C=O) groups is 1. The zero-order valence-corrected chi connectivity index (χ0v) is 18.2. The largest absolute Gasteiger partial charge is 0.352 e. The summed E-state index contributed by atoms with van der Waals surface area (Å²) in [5, 5.41) is 3.01. The lowest BCUT2D eigenvalue weighted by atomic mass is 10.1. The van der Waals surface area contributed by atoms with Gasteiger partial charge in [-0.05, 0) is 29.9 Å². The molecule has 0 radical (unpaired) electrons. The second-order valence-corrected chi connectivity index (χ2v) is 10.5. The van der Waals surface area contributed by atoms with Gasteiger partial charge in [0.15, 0.2) is 9.84 Å². The van der Waals surface area contributed by atoms with E-state index in [2.05, 4.69) is 14.9 Å². The monoisotopic (exact) mass is 444 g/mol. The first-order chi connectivity index (χ1) is 14.5. The van der Waals surface area contributed by atoms with Crippen LogP contribution in [-0.4, -0.2) is 66.9 Å².